The van der Waals surface area contributed by atoms with E-state index in [-0.39, 0.29) is 11.9 Å². The molecule has 1 saturated heterocycles. The third-order valence-corrected chi connectivity index (χ3v) is 4.00. The zero-order chi connectivity index (χ0) is 15.1. The van der Waals surface area contributed by atoms with Crippen LogP contribution in [0.3, 0.4) is 0 Å². The SMILES string of the molecule is CC(CN1CCCCC1)NC(=O)C(N)Cc1ccccc1. The lowest BCUT2D eigenvalue weighted by atomic mass is 10.1. The van der Waals surface area contributed by atoms with E-state index in [4.69, 9.17) is 5.73 Å². The van der Waals surface area contributed by atoms with Gasteiger partial charge in [0.05, 0.1) is 6.04 Å². The average molecular weight is 289 g/mol. The van der Waals surface area contributed by atoms with Crippen LogP contribution in [-0.4, -0.2) is 42.5 Å². The lowest BCUT2D eigenvalue weighted by molar-refractivity contribution is -0.123. The maximum Gasteiger partial charge on any atom is 0.237 e. The van der Waals surface area contributed by atoms with Gasteiger partial charge in [0.1, 0.15) is 0 Å². The summed E-state index contributed by atoms with van der Waals surface area (Å²) in [5.41, 5.74) is 7.11. The Bertz CT molecular complexity index is 429. The molecule has 0 spiro atoms. The van der Waals surface area contributed by atoms with Crippen molar-refractivity contribution >= 4 is 5.91 Å². The van der Waals surface area contributed by atoms with E-state index >= 15 is 0 Å². The Balaban J connectivity index is 1.74. The maximum atomic E-state index is 12.1. The number of likely N-dealkylation sites (tertiary alicyclic amines) is 1. The molecule has 1 aliphatic rings. The van der Waals surface area contributed by atoms with Crippen LogP contribution in [-0.2, 0) is 11.2 Å². The Morgan fingerprint density at radius 2 is 1.90 bits per heavy atom. The molecule has 4 nitrogen and oxygen atoms in total. The van der Waals surface area contributed by atoms with Crippen LogP contribution < -0.4 is 11.1 Å². The molecule has 4 heteroatoms. The smallest absolute Gasteiger partial charge is 0.237 e. The maximum absolute atomic E-state index is 12.1. The van der Waals surface area contributed by atoms with Crippen molar-refractivity contribution < 1.29 is 4.79 Å². The first-order chi connectivity index (χ1) is 10.1. The van der Waals surface area contributed by atoms with E-state index in [9.17, 15) is 4.79 Å². The van der Waals surface area contributed by atoms with E-state index < -0.39 is 6.04 Å². The molecule has 2 unspecified atom stereocenters. The minimum Gasteiger partial charge on any atom is -0.351 e. The third-order valence-electron chi connectivity index (χ3n) is 4.00. The number of nitrogens with zero attached hydrogens (tertiary/aromatic N) is 1. The van der Waals surface area contributed by atoms with E-state index in [1.807, 2.05) is 30.3 Å². The van der Waals surface area contributed by atoms with Crippen LogP contribution in [0.5, 0.6) is 0 Å². The fourth-order valence-corrected chi connectivity index (χ4v) is 2.89. The van der Waals surface area contributed by atoms with Gasteiger partial charge in [-0.25, -0.2) is 0 Å². The Kier molecular flexibility index (Phi) is 6.21. The molecule has 2 atom stereocenters. The molecule has 0 aromatic heterocycles. The van der Waals surface area contributed by atoms with Gasteiger partial charge >= 0.3 is 0 Å². The van der Waals surface area contributed by atoms with Gasteiger partial charge in [0, 0.05) is 12.6 Å². The molecule has 2 rings (SSSR count). The summed E-state index contributed by atoms with van der Waals surface area (Å²) < 4.78 is 0. The molecule has 0 saturated carbocycles. The minimum absolute atomic E-state index is 0.0524. The summed E-state index contributed by atoms with van der Waals surface area (Å²) in [4.78, 5) is 14.6. The normalized spacial score (nSPS) is 19.0. The summed E-state index contributed by atoms with van der Waals surface area (Å²) in [5.74, 6) is -0.0524. The Hall–Kier alpha value is -1.39. The lowest BCUT2D eigenvalue weighted by Gasteiger charge is -2.29. The Labute approximate surface area is 127 Å². The number of amides is 1. The van der Waals surface area contributed by atoms with Crippen LogP contribution in [0.2, 0.25) is 0 Å². The van der Waals surface area contributed by atoms with E-state index in [1.165, 1.54) is 19.3 Å². The molecule has 1 heterocycles. The largest absolute Gasteiger partial charge is 0.351 e. The van der Waals surface area contributed by atoms with Crippen LogP contribution in [0.4, 0.5) is 0 Å². The molecular formula is C17H27N3O. The van der Waals surface area contributed by atoms with Crippen LogP contribution in [0.1, 0.15) is 31.7 Å². The number of carbonyl (C=O) groups excluding carboxylic acids is 1. The molecule has 116 valence electrons. The molecule has 1 amide bonds. The monoisotopic (exact) mass is 289 g/mol. The number of piperidine rings is 1. The van der Waals surface area contributed by atoms with Gasteiger partial charge in [-0.3, -0.25) is 4.79 Å². The highest BCUT2D eigenvalue weighted by Gasteiger charge is 2.18. The second-order valence-corrected chi connectivity index (χ2v) is 6.07. The summed E-state index contributed by atoms with van der Waals surface area (Å²) >= 11 is 0. The lowest BCUT2D eigenvalue weighted by Crippen LogP contribution is -2.49. The molecular weight excluding hydrogens is 262 g/mol. The number of nitrogens with two attached hydrogens (primary N) is 1. The molecule has 0 aliphatic carbocycles. The molecule has 1 aliphatic heterocycles. The highest BCUT2D eigenvalue weighted by atomic mass is 16.2. The van der Waals surface area contributed by atoms with E-state index in [0.29, 0.717) is 6.42 Å². The van der Waals surface area contributed by atoms with Gasteiger partial charge in [-0.15, -0.1) is 0 Å². The number of hydrogen-bond acceptors (Lipinski definition) is 3. The highest BCUT2D eigenvalue weighted by Crippen LogP contribution is 2.09. The van der Waals surface area contributed by atoms with Gasteiger partial charge in [-0.2, -0.15) is 0 Å². The molecule has 0 radical (unpaired) electrons. The summed E-state index contributed by atoms with van der Waals surface area (Å²) in [6, 6.07) is 9.59. The second-order valence-electron chi connectivity index (χ2n) is 6.07. The molecule has 1 aromatic rings. The van der Waals surface area contributed by atoms with Gasteiger partial charge in [-0.1, -0.05) is 36.8 Å². The van der Waals surface area contributed by atoms with Crippen LogP contribution in [0.15, 0.2) is 30.3 Å². The first-order valence-electron chi connectivity index (χ1n) is 7.97. The standard InChI is InChI=1S/C17H27N3O/c1-14(13-20-10-6-3-7-11-20)19-17(21)16(18)12-15-8-4-2-5-9-15/h2,4-5,8-9,14,16H,3,6-7,10-13,18H2,1H3,(H,19,21). The van der Waals surface area contributed by atoms with Gasteiger partial charge in [0.2, 0.25) is 5.91 Å². The summed E-state index contributed by atoms with van der Waals surface area (Å²) in [7, 11) is 0. The zero-order valence-corrected chi connectivity index (χ0v) is 12.9. The van der Waals surface area contributed by atoms with Crippen molar-refractivity contribution in [2.24, 2.45) is 5.73 Å². The van der Waals surface area contributed by atoms with Crippen molar-refractivity contribution in [2.75, 3.05) is 19.6 Å². The third kappa shape index (κ3) is 5.48. The first-order valence-corrected chi connectivity index (χ1v) is 7.97. The average Bonchev–Trinajstić information content (AvgIpc) is 2.49. The Morgan fingerprint density at radius 1 is 1.24 bits per heavy atom. The number of carbonyl (C=O) groups is 1. The molecule has 3 N–H and O–H groups in total. The van der Waals surface area contributed by atoms with Crippen LogP contribution in [0, 0.1) is 0 Å². The van der Waals surface area contributed by atoms with E-state index in [0.717, 1.165) is 25.2 Å². The Morgan fingerprint density at radius 3 is 2.57 bits per heavy atom. The number of benzene rings is 1. The predicted octanol–water partition coefficient (Wildman–Crippen LogP) is 1.55. The summed E-state index contributed by atoms with van der Waals surface area (Å²) in [6.45, 7) is 5.28. The topological polar surface area (TPSA) is 58.4 Å². The quantitative estimate of drug-likeness (QED) is 0.835. The zero-order valence-electron chi connectivity index (χ0n) is 12.9. The fraction of sp³-hybridized carbons (Fsp3) is 0.588. The van der Waals surface area contributed by atoms with Crippen molar-refractivity contribution in [1.29, 1.82) is 0 Å². The summed E-state index contributed by atoms with van der Waals surface area (Å²) in [6.07, 6.45) is 4.46. The number of nitrogens with one attached hydrogen (secondary N) is 1. The minimum atomic E-state index is -0.476. The molecule has 21 heavy (non-hydrogen) atoms. The van der Waals surface area contributed by atoms with Crippen LogP contribution in [0.25, 0.3) is 0 Å². The van der Waals surface area contributed by atoms with E-state index in [1.54, 1.807) is 0 Å². The second kappa shape index (κ2) is 8.15. The van der Waals surface area contributed by atoms with E-state index in [2.05, 4.69) is 17.1 Å². The number of hydrogen-bond donors (Lipinski definition) is 2. The van der Waals surface area contributed by atoms with Gasteiger partial charge in [0.15, 0.2) is 0 Å². The predicted molar refractivity (Wildman–Crippen MR) is 86.0 cm³/mol. The summed E-state index contributed by atoms with van der Waals surface area (Å²) in [5, 5.41) is 3.04. The molecule has 0 bridgehead atoms. The van der Waals surface area contributed by atoms with Gasteiger partial charge in [0.25, 0.3) is 0 Å². The number of rotatable bonds is 6. The fourth-order valence-electron chi connectivity index (χ4n) is 2.89. The highest BCUT2D eigenvalue weighted by molar-refractivity contribution is 5.82. The first kappa shape index (κ1) is 16.0. The van der Waals surface area contributed by atoms with Crippen molar-refractivity contribution in [1.82, 2.24) is 10.2 Å². The van der Waals surface area contributed by atoms with Crippen molar-refractivity contribution in [3.05, 3.63) is 35.9 Å². The van der Waals surface area contributed by atoms with Crippen LogP contribution >= 0.6 is 0 Å². The van der Waals surface area contributed by atoms with Gasteiger partial charge < -0.3 is 16.0 Å². The van der Waals surface area contributed by atoms with Gasteiger partial charge in [-0.05, 0) is 44.8 Å². The molecule has 1 aromatic carbocycles. The molecule has 1 fully saturated rings. The van der Waals surface area contributed by atoms with Crippen molar-refractivity contribution in [3.63, 3.8) is 0 Å². The van der Waals surface area contributed by atoms with Crippen molar-refractivity contribution in [2.45, 2.75) is 44.7 Å². The van der Waals surface area contributed by atoms with Crippen molar-refractivity contribution in [3.8, 4) is 0 Å².